The molecule has 3 aromatic rings. The molecule has 0 fully saturated rings. The molecule has 0 saturated heterocycles. The molecule has 0 spiro atoms. The highest BCUT2D eigenvalue weighted by atomic mass is 32.1. The molecule has 0 radical (unpaired) electrons. The molecule has 4 rings (SSSR count). The van der Waals surface area contributed by atoms with Gasteiger partial charge in [-0.25, -0.2) is 4.98 Å². The molecule has 108 valence electrons. The van der Waals surface area contributed by atoms with Gasteiger partial charge in [0.05, 0.1) is 11.4 Å². The number of nitrogens with one attached hydrogen (secondary N) is 1. The molecule has 2 aromatic heterocycles. The SMILES string of the molecule is O=C1CCc2cc(-c3csc(-c4ccccn4)n3)ccc2N1. The number of rotatable bonds is 2. The van der Waals surface area contributed by atoms with E-state index in [9.17, 15) is 4.79 Å². The smallest absolute Gasteiger partial charge is 0.224 e. The van der Waals surface area contributed by atoms with Crippen LogP contribution in [0.4, 0.5) is 5.69 Å². The van der Waals surface area contributed by atoms with E-state index in [0.29, 0.717) is 6.42 Å². The first-order chi connectivity index (χ1) is 10.8. The van der Waals surface area contributed by atoms with Gasteiger partial charge in [-0.1, -0.05) is 12.1 Å². The summed E-state index contributed by atoms with van der Waals surface area (Å²) in [4.78, 5) is 20.4. The molecule has 22 heavy (non-hydrogen) atoms. The zero-order valence-electron chi connectivity index (χ0n) is 11.7. The lowest BCUT2D eigenvalue weighted by Gasteiger charge is -2.17. The van der Waals surface area contributed by atoms with Crippen molar-refractivity contribution in [2.75, 3.05) is 5.32 Å². The quantitative estimate of drug-likeness (QED) is 0.784. The Balaban J connectivity index is 1.68. The number of hydrogen-bond acceptors (Lipinski definition) is 4. The molecular weight excluding hydrogens is 294 g/mol. The summed E-state index contributed by atoms with van der Waals surface area (Å²) in [5.41, 5.74) is 5.01. The minimum atomic E-state index is 0.0892. The fraction of sp³-hybridized carbons (Fsp3) is 0.118. The zero-order valence-corrected chi connectivity index (χ0v) is 12.6. The number of pyridine rings is 1. The van der Waals surface area contributed by atoms with Gasteiger partial charge in [-0.2, -0.15) is 0 Å². The number of nitrogens with zero attached hydrogens (tertiary/aromatic N) is 2. The van der Waals surface area contributed by atoms with Gasteiger partial charge in [-0.3, -0.25) is 9.78 Å². The summed E-state index contributed by atoms with van der Waals surface area (Å²) in [6, 6.07) is 11.9. The van der Waals surface area contributed by atoms with E-state index in [4.69, 9.17) is 0 Å². The molecule has 1 aliphatic rings. The van der Waals surface area contributed by atoms with E-state index in [1.165, 1.54) is 5.56 Å². The van der Waals surface area contributed by atoms with E-state index in [1.54, 1.807) is 17.5 Å². The van der Waals surface area contributed by atoms with Crippen molar-refractivity contribution in [1.82, 2.24) is 9.97 Å². The van der Waals surface area contributed by atoms with Crippen LogP contribution in [-0.2, 0) is 11.2 Å². The summed E-state index contributed by atoms with van der Waals surface area (Å²) in [6.45, 7) is 0. The molecule has 1 amide bonds. The van der Waals surface area contributed by atoms with Crippen LogP contribution >= 0.6 is 11.3 Å². The van der Waals surface area contributed by atoms with Crippen LogP contribution in [0.1, 0.15) is 12.0 Å². The first-order valence-electron chi connectivity index (χ1n) is 7.10. The summed E-state index contributed by atoms with van der Waals surface area (Å²) in [5.74, 6) is 0.0892. The second-order valence-electron chi connectivity index (χ2n) is 5.17. The number of fused-ring (bicyclic) bond motifs is 1. The molecule has 1 N–H and O–H groups in total. The predicted molar refractivity (Wildman–Crippen MR) is 87.7 cm³/mol. The summed E-state index contributed by atoms with van der Waals surface area (Å²) >= 11 is 1.59. The van der Waals surface area contributed by atoms with Crippen molar-refractivity contribution < 1.29 is 4.79 Å². The third-order valence-electron chi connectivity index (χ3n) is 3.68. The van der Waals surface area contributed by atoms with Crippen molar-refractivity contribution >= 4 is 22.9 Å². The van der Waals surface area contributed by atoms with Crippen LogP contribution in [0.3, 0.4) is 0 Å². The maximum absolute atomic E-state index is 11.4. The topological polar surface area (TPSA) is 54.9 Å². The maximum Gasteiger partial charge on any atom is 0.224 e. The number of carbonyl (C=O) groups is 1. The van der Waals surface area contributed by atoms with E-state index >= 15 is 0 Å². The molecule has 0 bridgehead atoms. The van der Waals surface area contributed by atoms with Gasteiger partial charge in [0.15, 0.2) is 0 Å². The van der Waals surface area contributed by atoms with Crippen molar-refractivity contribution in [2.24, 2.45) is 0 Å². The summed E-state index contributed by atoms with van der Waals surface area (Å²) in [7, 11) is 0. The van der Waals surface area contributed by atoms with E-state index in [0.717, 1.165) is 34.1 Å². The molecule has 3 heterocycles. The Bertz CT molecular complexity index is 842. The highest BCUT2D eigenvalue weighted by Gasteiger charge is 2.16. The lowest BCUT2D eigenvalue weighted by Crippen LogP contribution is -2.18. The number of aryl methyl sites for hydroxylation is 1. The number of thiazole rings is 1. The molecule has 0 unspecified atom stereocenters. The van der Waals surface area contributed by atoms with Gasteiger partial charge < -0.3 is 5.32 Å². The van der Waals surface area contributed by atoms with Crippen LogP contribution in [0.15, 0.2) is 48.0 Å². The van der Waals surface area contributed by atoms with Gasteiger partial charge in [0, 0.05) is 29.2 Å². The Kier molecular flexibility index (Phi) is 3.20. The van der Waals surface area contributed by atoms with Crippen LogP contribution in [0.2, 0.25) is 0 Å². The van der Waals surface area contributed by atoms with Gasteiger partial charge in [0.25, 0.3) is 0 Å². The molecule has 5 heteroatoms. The van der Waals surface area contributed by atoms with Gasteiger partial charge in [0.1, 0.15) is 5.01 Å². The van der Waals surface area contributed by atoms with Crippen LogP contribution in [-0.4, -0.2) is 15.9 Å². The average Bonchev–Trinajstić information content (AvgIpc) is 3.05. The fourth-order valence-electron chi connectivity index (χ4n) is 2.56. The third kappa shape index (κ3) is 2.40. The number of carbonyl (C=O) groups excluding carboxylic acids is 1. The first kappa shape index (κ1) is 13.2. The Hall–Kier alpha value is -2.53. The van der Waals surface area contributed by atoms with Crippen LogP contribution in [0, 0.1) is 0 Å². The van der Waals surface area contributed by atoms with Crippen LogP contribution < -0.4 is 5.32 Å². The predicted octanol–water partition coefficient (Wildman–Crippen LogP) is 3.76. The molecule has 0 atom stereocenters. The molecule has 1 aliphatic heterocycles. The lowest BCUT2D eigenvalue weighted by atomic mass is 9.99. The van der Waals surface area contributed by atoms with Crippen molar-refractivity contribution in [3.8, 4) is 22.0 Å². The van der Waals surface area contributed by atoms with E-state index < -0.39 is 0 Å². The van der Waals surface area contributed by atoms with Crippen molar-refractivity contribution in [2.45, 2.75) is 12.8 Å². The number of hydrogen-bond donors (Lipinski definition) is 1. The normalized spacial score (nSPS) is 13.5. The van der Waals surface area contributed by atoms with Crippen LogP contribution in [0.5, 0.6) is 0 Å². The van der Waals surface area contributed by atoms with Gasteiger partial charge in [-0.05, 0) is 36.2 Å². The Morgan fingerprint density at radius 3 is 2.91 bits per heavy atom. The molecule has 0 aliphatic carbocycles. The minimum Gasteiger partial charge on any atom is -0.326 e. The summed E-state index contributed by atoms with van der Waals surface area (Å²) < 4.78 is 0. The number of anilines is 1. The highest BCUT2D eigenvalue weighted by molar-refractivity contribution is 7.13. The van der Waals surface area contributed by atoms with Crippen molar-refractivity contribution in [3.63, 3.8) is 0 Å². The number of benzene rings is 1. The Morgan fingerprint density at radius 1 is 1.09 bits per heavy atom. The lowest BCUT2D eigenvalue weighted by molar-refractivity contribution is -0.116. The second-order valence-corrected chi connectivity index (χ2v) is 6.03. The molecule has 1 aromatic carbocycles. The Labute approximate surface area is 131 Å². The monoisotopic (exact) mass is 307 g/mol. The summed E-state index contributed by atoms with van der Waals surface area (Å²) in [5, 5.41) is 5.87. The minimum absolute atomic E-state index is 0.0892. The summed E-state index contributed by atoms with van der Waals surface area (Å²) in [6.07, 6.45) is 3.11. The van der Waals surface area contributed by atoms with Crippen molar-refractivity contribution in [3.05, 3.63) is 53.5 Å². The van der Waals surface area contributed by atoms with Crippen LogP contribution in [0.25, 0.3) is 22.0 Å². The van der Waals surface area contributed by atoms with E-state index in [-0.39, 0.29) is 5.91 Å². The molecule has 4 nitrogen and oxygen atoms in total. The largest absolute Gasteiger partial charge is 0.326 e. The van der Waals surface area contributed by atoms with E-state index in [1.807, 2.05) is 35.7 Å². The highest BCUT2D eigenvalue weighted by Crippen LogP contribution is 2.31. The number of amides is 1. The standard InChI is InChI=1S/C17H13N3OS/c21-16-7-5-11-9-12(4-6-13(11)19-16)15-10-22-17(20-15)14-3-1-2-8-18-14/h1-4,6,8-10H,5,7H2,(H,19,21). The Morgan fingerprint density at radius 2 is 2.05 bits per heavy atom. The molecular formula is C17H13N3OS. The zero-order chi connectivity index (χ0) is 14.9. The second kappa shape index (κ2) is 5.35. The van der Waals surface area contributed by atoms with Gasteiger partial charge in [-0.15, -0.1) is 11.3 Å². The third-order valence-corrected chi connectivity index (χ3v) is 4.55. The van der Waals surface area contributed by atoms with Gasteiger partial charge in [0.2, 0.25) is 5.91 Å². The average molecular weight is 307 g/mol. The van der Waals surface area contributed by atoms with Gasteiger partial charge >= 0.3 is 0 Å². The van der Waals surface area contributed by atoms with E-state index in [2.05, 4.69) is 21.4 Å². The molecule has 0 saturated carbocycles. The number of aromatic nitrogens is 2. The van der Waals surface area contributed by atoms with Crippen molar-refractivity contribution in [1.29, 1.82) is 0 Å². The first-order valence-corrected chi connectivity index (χ1v) is 7.98. The maximum atomic E-state index is 11.4. The fourth-order valence-corrected chi connectivity index (χ4v) is 3.36.